The van der Waals surface area contributed by atoms with Crippen molar-refractivity contribution in [3.8, 4) is 0 Å². The van der Waals surface area contributed by atoms with Gasteiger partial charge in [-0.2, -0.15) is 0 Å². The molecule has 3 aromatic rings. The van der Waals surface area contributed by atoms with Crippen LogP contribution in [0.15, 0.2) is 79.6 Å². The second kappa shape index (κ2) is 6.93. The van der Waals surface area contributed by atoms with Crippen LogP contribution in [0.5, 0.6) is 0 Å². The van der Waals surface area contributed by atoms with E-state index in [1.54, 1.807) is 37.1 Å². The standard InChI is InChI=1S/C20H19N5O/c1-15(16-6-3-2-4-7-16)24-20(17-8-12-21-13-9-17)25-18(14-26-20)19-22-10-5-11-23-19/h2-15,24-25H,1H3/t15-,20?/m0/s1. The van der Waals surface area contributed by atoms with Gasteiger partial charge in [-0.15, -0.1) is 0 Å². The van der Waals surface area contributed by atoms with Crippen LogP contribution in [-0.4, -0.2) is 15.0 Å². The molecule has 2 atom stereocenters. The first-order chi connectivity index (χ1) is 12.8. The number of aromatic nitrogens is 3. The molecule has 1 aliphatic rings. The molecule has 0 fully saturated rings. The van der Waals surface area contributed by atoms with E-state index in [1.807, 2.05) is 30.3 Å². The van der Waals surface area contributed by atoms with E-state index in [0.717, 1.165) is 16.8 Å². The van der Waals surface area contributed by atoms with Crippen LogP contribution in [0.4, 0.5) is 0 Å². The predicted molar refractivity (Wildman–Crippen MR) is 98.1 cm³/mol. The molecule has 6 heteroatoms. The lowest BCUT2D eigenvalue weighted by atomic mass is 10.1. The average molecular weight is 345 g/mol. The van der Waals surface area contributed by atoms with Gasteiger partial charge in [-0.05, 0) is 30.7 Å². The maximum absolute atomic E-state index is 6.09. The molecule has 1 unspecified atom stereocenters. The largest absolute Gasteiger partial charge is 0.456 e. The summed E-state index contributed by atoms with van der Waals surface area (Å²) in [5, 5.41) is 6.97. The Morgan fingerprint density at radius 3 is 2.42 bits per heavy atom. The Balaban J connectivity index is 1.65. The van der Waals surface area contributed by atoms with Gasteiger partial charge in [0.2, 0.25) is 0 Å². The van der Waals surface area contributed by atoms with Crippen molar-refractivity contribution in [2.45, 2.75) is 18.8 Å². The number of pyridine rings is 1. The molecule has 6 nitrogen and oxygen atoms in total. The van der Waals surface area contributed by atoms with E-state index in [1.165, 1.54) is 0 Å². The lowest BCUT2D eigenvalue weighted by molar-refractivity contribution is -0.0229. The van der Waals surface area contributed by atoms with Crippen LogP contribution in [0.1, 0.15) is 29.9 Å². The predicted octanol–water partition coefficient (Wildman–Crippen LogP) is 2.95. The van der Waals surface area contributed by atoms with Crippen molar-refractivity contribution in [3.63, 3.8) is 0 Å². The molecule has 0 amide bonds. The molecule has 0 radical (unpaired) electrons. The average Bonchev–Trinajstić information content (AvgIpc) is 3.15. The summed E-state index contributed by atoms with van der Waals surface area (Å²) in [5.74, 6) is -0.343. The minimum Gasteiger partial charge on any atom is -0.456 e. The van der Waals surface area contributed by atoms with Crippen molar-refractivity contribution < 1.29 is 4.74 Å². The molecule has 130 valence electrons. The first-order valence-electron chi connectivity index (χ1n) is 8.43. The highest BCUT2D eigenvalue weighted by molar-refractivity contribution is 5.59. The van der Waals surface area contributed by atoms with Gasteiger partial charge in [0.15, 0.2) is 5.82 Å². The van der Waals surface area contributed by atoms with Crippen molar-refractivity contribution in [1.29, 1.82) is 0 Å². The molecule has 0 spiro atoms. The van der Waals surface area contributed by atoms with E-state index in [4.69, 9.17) is 4.74 Å². The van der Waals surface area contributed by atoms with Crippen molar-refractivity contribution in [3.05, 3.63) is 96.5 Å². The highest BCUT2D eigenvalue weighted by Gasteiger charge is 2.40. The van der Waals surface area contributed by atoms with E-state index in [-0.39, 0.29) is 6.04 Å². The lowest BCUT2D eigenvalue weighted by Gasteiger charge is -2.34. The zero-order chi connectivity index (χ0) is 17.8. The number of hydrogen-bond acceptors (Lipinski definition) is 6. The van der Waals surface area contributed by atoms with E-state index in [9.17, 15) is 0 Å². The summed E-state index contributed by atoms with van der Waals surface area (Å²) in [6.07, 6.45) is 8.55. The molecule has 2 N–H and O–H groups in total. The maximum atomic E-state index is 6.09. The SMILES string of the molecule is C[C@H](NC1(c2ccncc2)NC(c2ncccn2)=CO1)c1ccccc1. The number of nitrogens with one attached hydrogen (secondary N) is 2. The summed E-state index contributed by atoms with van der Waals surface area (Å²) in [6, 6.07) is 15.9. The van der Waals surface area contributed by atoms with Crippen LogP contribution >= 0.6 is 0 Å². The third-order valence-electron chi connectivity index (χ3n) is 4.28. The van der Waals surface area contributed by atoms with Gasteiger partial charge >= 0.3 is 0 Å². The Hall–Kier alpha value is -3.25. The molecule has 2 aromatic heterocycles. The summed E-state index contributed by atoms with van der Waals surface area (Å²) in [4.78, 5) is 12.7. The minimum absolute atomic E-state index is 0.0429. The Kier molecular flexibility index (Phi) is 4.33. The second-order valence-corrected chi connectivity index (χ2v) is 6.04. The summed E-state index contributed by atoms with van der Waals surface area (Å²) in [5.41, 5.74) is 2.79. The van der Waals surface area contributed by atoms with Crippen LogP contribution in [0, 0.1) is 0 Å². The maximum Gasteiger partial charge on any atom is 0.265 e. The molecule has 0 saturated heterocycles. The second-order valence-electron chi connectivity index (χ2n) is 6.04. The van der Waals surface area contributed by atoms with Crippen molar-refractivity contribution in [1.82, 2.24) is 25.6 Å². The zero-order valence-electron chi connectivity index (χ0n) is 14.3. The molecular weight excluding hydrogens is 326 g/mol. The fourth-order valence-electron chi connectivity index (χ4n) is 2.95. The molecule has 3 heterocycles. The minimum atomic E-state index is -0.924. The first kappa shape index (κ1) is 16.2. The fraction of sp³-hybridized carbons (Fsp3) is 0.150. The van der Waals surface area contributed by atoms with Crippen LogP contribution in [0.2, 0.25) is 0 Å². The van der Waals surface area contributed by atoms with Crippen LogP contribution in [-0.2, 0) is 10.6 Å². The molecule has 1 aliphatic heterocycles. The number of ether oxygens (including phenoxy) is 1. The zero-order valence-corrected chi connectivity index (χ0v) is 14.3. The van der Waals surface area contributed by atoms with Gasteiger partial charge in [0.05, 0.1) is 0 Å². The molecular formula is C20H19N5O. The van der Waals surface area contributed by atoms with E-state index < -0.39 is 5.85 Å². The van der Waals surface area contributed by atoms with Gasteiger partial charge in [0.25, 0.3) is 5.85 Å². The van der Waals surface area contributed by atoms with Crippen LogP contribution in [0.3, 0.4) is 0 Å². The Morgan fingerprint density at radius 2 is 1.69 bits per heavy atom. The Labute approximate surface area is 152 Å². The number of rotatable bonds is 5. The highest BCUT2D eigenvalue weighted by atomic mass is 16.5. The van der Waals surface area contributed by atoms with E-state index in [0.29, 0.717) is 5.82 Å². The van der Waals surface area contributed by atoms with E-state index in [2.05, 4.69) is 44.6 Å². The fourth-order valence-corrected chi connectivity index (χ4v) is 2.95. The van der Waals surface area contributed by atoms with Gasteiger partial charge in [0.1, 0.15) is 12.0 Å². The van der Waals surface area contributed by atoms with Gasteiger partial charge < -0.3 is 10.1 Å². The first-order valence-corrected chi connectivity index (χ1v) is 8.43. The quantitative estimate of drug-likeness (QED) is 0.741. The van der Waals surface area contributed by atoms with Crippen molar-refractivity contribution >= 4 is 5.70 Å². The molecule has 4 rings (SSSR count). The normalized spacial score (nSPS) is 20.0. The highest BCUT2D eigenvalue weighted by Crippen LogP contribution is 2.32. The van der Waals surface area contributed by atoms with Gasteiger partial charge in [-0.25, -0.2) is 9.97 Å². The summed E-state index contributed by atoms with van der Waals surface area (Å²) in [7, 11) is 0. The molecule has 1 aromatic carbocycles. The van der Waals surface area contributed by atoms with Crippen molar-refractivity contribution in [2.75, 3.05) is 0 Å². The number of hydrogen-bond donors (Lipinski definition) is 2. The third-order valence-corrected chi connectivity index (χ3v) is 4.28. The van der Waals surface area contributed by atoms with Gasteiger partial charge in [-0.3, -0.25) is 10.3 Å². The molecule has 0 saturated carbocycles. The smallest absolute Gasteiger partial charge is 0.265 e. The third kappa shape index (κ3) is 3.14. The van der Waals surface area contributed by atoms with Gasteiger partial charge in [-0.1, -0.05) is 30.3 Å². The Morgan fingerprint density at radius 1 is 0.962 bits per heavy atom. The molecule has 0 aliphatic carbocycles. The number of nitrogens with zero attached hydrogens (tertiary/aromatic N) is 3. The summed E-state index contributed by atoms with van der Waals surface area (Å²) < 4.78 is 6.09. The van der Waals surface area contributed by atoms with Crippen LogP contribution in [0.25, 0.3) is 5.70 Å². The lowest BCUT2D eigenvalue weighted by Crippen LogP contribution is -2.52. The molecule has 0 bridgehead atoms. The van der Waals surface area contributed by atoms with Crippen molar-refractivity contribution in [2.24, 2.45) is 0 Å². The number of benzene rings is 1. The molecule has 26 heavy (non-hydrogen) atoms. The monoisotopic (exact) mass is 345 g/mol. The van der Waals surface area contributed by atoms with E-state index >= 15 is 0 Å². The van der Waals surface area contributed by atoms with Gasteiger partial charge in [0, 0.05) is 36.4 Å². The summed E-state index contributed by atoms with van der Waals surface area (Å²) in [6.45, 7) is 2.10. The summed E-state index contributed by atoms with van der Waals surface area (Å²) >= 11 is 0. The van der Waals surface area contributed by atoms with Crippen LogP contribution < -0.4 is 10.6 Å². The topological polar surface area (TPSA) is 72.0 Å². The Bertz CT molecular complexity index is 886.